The summed E-state index contributed by atoms with van der Waals surface area (Å²) in [5.41, 5.74) is 5.15. The Morgan fingerprint density at radius 3 is 2.93 bits per heavy atom. The molecule has 0 fully saturated rings. The minimum Gasteiger partial charge on any atom is -0.299 e. The Kier molecular flexibility index (Phi) is 2.99. The van der Waals surface area contributed by atoms with Crippen molar-refractivity contribution >= 4 is 21.6 Å². The minimum absolute atomic E-state index is 0.741. The largest absolute Gasteiger partial charge is 0.299 e. The molecule has 0 atom stereocenters. The molecule has 0 aliphatic rings. The highest BCUT2D eigenvalue weighted by molar-refractivity contribution is 9.10. The molecule has 0 spiro atoms. The van der Waals surface area contributed by atoms with Crippen LogP contribution in [0.3, 0.4) is 0 Å². The second-order valence-electron chi connectivity index (χ2n) is 3.42. The van der Waals surface area contributed by atoms with Crippen LogP contribution >= 0.6 is 15.9 Å². The lowest BCUT2D eigenvalue weighted by Crippen LogP contribution is -2.30. The highest BCUT2D eigenvalue weighted by Crippen LogP contribution is 2.10. The smallest absolute Gasteiger partial charge is 0.155 e. The van der Waals surface area contributed by atoms with E-state index in [1.165, 1.54) is 0 Å². The van der Waals surface area contributed by atoms with Crippen LogP contribution in [0, 0.1) is 0 Å². The van der Waals surface area contributed by atoms with Crippen molar-refractivity contribution in [1.29, 1.82) is 0 Å². The zero-order valence-corrected chi connectivity index (χ0v) is 10.2. The molecule has 2 aromatic heterocycles. The van der Waals surface area contributed by atoms with Crippen molar-refractivity contribution in [1.82, 2.24) is 24.8 Å². The van der Waals surface area contributed by atoms with E-state index in [4.69, 9.17) is 0 Å². The van der Waals surface area contributed by atoms with Crippen molar-refractivity contribution in [3.8, 4) is 0 Å². The quantitative estimate of drug-likeness (QED) is 0.847. The lowest BCUT2D eigenvalue weighted by molar-refractivity contribution is 0.284. The maximum absolute atomic E-state index is 4.26. The molecule has 15 heavy (non-hydrogen) atoms. The van der Waals surface area contributed by atoms with Crippen LogP contribution in [-0.4, -0.2) is 33.5 Å². The second kappa shape index (κ2) is 4.26. The normalized spacial score (nSPS) is 11.5. The Balaban J connectivity index is 2.31. The summed E-state index contributed by atoms with van der Waals surface area (Å²) in [6, 6.07) is 0. The fraction of sp³-hybridized carbons (Fsp3) is 0.333. The van der Waals surface area contributed by atoms with Gasteiger partial charge in [0.1, 0.15) is 4.60 Å². The fourth-order valence-corrected chi connectivity index (χ4v) is 1.59. The third-order valence-electron chi connectivity index (χ3n) is 2.02. The van der Waals surface area contributed by atoms with Gasteiger partial charge >= 0.3 is 0 Å². The first kappa shape index (κ1) is 10.5. The first-order chi connectivity index (χ1) is 7.16. The fourth-order valence-electron chi connectivity index (χ4n) is 1.29. The number of nitrogens with zero attached hydrogens (tertiary/aromatic N) is 4. The van der Waals surface area contributed by atoms with Crippen LogP contribution in [0.25, 0.3) is 5.65 Å². The average molecular weight is 270 g/mol. The molecular weight excluding hydrogens is 258 g/mol. The molecule has 2 heterocycles. The number of hydrazine groups is 1. The van der Waals surface area contributed by atoms with Crippen molar-refractivity contribution in [2.75, 3.05) is 14.1 Å². The van der Waals surface area contributed by atoms with E-state index in [9.17, 15) is 0 Å². The Morgan fingerprint density at radius 2 is 2.20 bits per heavy atom. The van der Waals surface area contributed by atoms with E-state index >= 15 is 0 Å². The van der Waals surface area contributed by atoms with E-state index in [1.807, 2.05) is 35.9 Å². The lowest BCUT2D eigenvalue weighted by Gasteiger charge is -2.11. The number of aromatic nitrogens is 3. The molecule has 0 saturated carbocycles. The van der Waals surface area contributed by atoms with E-state index in [2.05, 4.69) is 31.3 Å². The maximum Gasteiger partial charge on any atom is 0.155 e. The summed E-state index contributed by atoms with van der Waals surface area (Å²) in [6.45, 7) is 0.741. The van der Waals surface area contributed by atoms with Crippen molar-refractivity contribution in [3.05, 3.63) is 28.9 Å². The molecule has 0 amide bonds. The lowest BCUT2D eigenvalue weighted by atomic mass is 10.5. The summed E-state index contributed by atoms with van der Waals surface area (Å²) < 4.78 is 2.81. The number of fused-ring (bicyclic) bond motifs is 1. The van der Waals surface area contributed by atoms with Crippen LogP contribution in [-0.2, 0) is 6.54 Å². The Bertz CT molecular complexity index is 464. The van der Waals surface area contributed by atoms with Crippen LogP contribution in [0.5, 0.6) is 0 Å². The Hall–Kier alpha value is -0.980. The summed E-state index contributed by atoms with van der Waals surface area (Å²) in [5.74, 6) is 0. The van der Waals surface area contributed by atoms with E-state index < -0.39 is 0 Å². The van der Waals surface area contributed by atoms with Gasteiger partial charge in [-0.05, 0) is 15.9 Å². The molecule has 2 rings (SSSR count). The molecule has 1 N–H and O–H groups in total. The topological polar surface area (TPSA) is 45.5 Å². The summed E-state index contributed by atoms with van der Waals surface area (Å²) in [7, 11) is 3.92. The average Bonchev–Trinajstić information content (AvgIpc) is 2.57. The first-order valence-corrected chi connectivity index (χ1v) is 5.34. The summed E-state index contributed by atoms with van der Waals surface area (Å²) >= 11 is 3.34. The molecule has 0 aromatic carbocycles. The number of rotatable bonds is 3. The van der Waals surface area contributed by atoms with E-state index in [0.29, 0.717) is 0 Å². The predicted octanol–water partition coefficient (Wildman–Crippen LogP) is 1.06. The molecule has 0 aliphatic carbocycles. The molecule has 0 saturated heterocycles. The Labute approximate surface area is 96.2 Å². The number of hydrogen-bond acceptors (Lipinski definition) is 4. The Morgan fingerprint density at radius 1 is 1.40 bits per heavy atom. The monoisotopic (exact) mass is 269 g/mol. The van der Waals surface area contributed by atoms with Gasteiger partial charge in [-0.1, -0.05) is 0 Å². The summed E-state index contributed by atoms with van der Waals surface area (Å²) in [5, 5.41) is 1.91. The van der Waals surface area contributed by atoms with Gasteiger partial charge in [-0.15, -0.1) is 0 Å². The number of hydrogen-bond donors (Lipinski definition) is 1. The maximum atomic E-state index is 4.26. The van der Waals surface area contributed by atoms with Gasteiger partial charge in [0.25, 0.3) is 0 Å². The summed E-state index contributed by atoms with van der Waals surface area (Å²) in [6.07, 6.45) is 5.50. The van der Waals surface area contributed by atoms with Crippen molar-refractivity contribution in [2.45, 2.75) is 6.54 Å². The van der Waals surface area contributed by atoms with E-state index in [0.717, 1.165) is 22.5 Å². The first-order valence-electron chi connectivity index (χ1n) is 4.55. The predicted molar refractivity (Wildman–Crippen MR) is 61.2 cm³/mol. The van der Waals surface area contributed by atoms with Crippen LogP contribution < -0.4 is 5.43 Å². The second-order valence-corrected chi connectivity index (χ2v) is 4.23. The molecular formula is C9H12BrN5. The number of halogens is 1. The standard InChI is InChI=1S/C9H12BrN5/c1-14(2)13-4-7-3-12-9-5-11-8(10)6-15(7)9/h3,5-6,13H,4H2,1-2H3. The molecule has 0 unspecified atom stereocenters. The molecule has 80 valence electrons. The van der Waals surface area contributed by atoms with Crippen LogP contribution in [0.4, 0.5) is 0 Å². The van der Waals surface area contributed by atoms with Gasteiger partial charge in [0.2, 0.25) is 0 Å². The van der Waals surface area contributed by atoms with Gasteiger partial charge in [0.15, 0.2) is 5.65 Å². The molecule has 0 bridgehead atoms. The zero-order chi connectivity index (χ0) is 10.8. The third kappa shape index (κ3) is 2.34. The van der Waals surface area contributed by atoms with Crippen molar-refractivity contribution < 1.29 is 0 Å². The minimum atomic E-state index is 0.741. The van der Waals surface area contributed by atoms with Crippen LogP contribution in [0.2, 0.25) is 0 Å². The van der Waals surface area contributed by atoms with Gasteiger partial charge in [-0.25, -0.2) is 15.4 Å². The molecule has 5 nitrogen and oxygen atoms in total. The van der Waals surface area contributed by atoms with E-state index in [1.54, 1.807) is 6.20 Å². The summed E-state index contributed by atoms with van der Waals surface area (Å²) in [4.78, 5) is 8.38. The van der Waals surface area contributed by atoms with Crippen molar-refractivity contribution in [2.24, 2.45) is 0 Å². The molecule has 2 aromatic rings. The number of imidazole rings is 1. The number of nitrogens with one attached hydrogen (secondary N) is 1. The van der Waals surface area contributed by atoms with E-state index in [-0.39, 0.29) is 0 Å². The third-order valence-corrected chi connectivity index (χ3v) is 2.43. The molecule has 6 heteroatoms. The van der Waals surface area contributed by atoms with Crippen LogP contribution in [0.15, 0.2) is 23.2 Å². The SMILES string of the molecule is CN(C)NCc1cnc2cnc(Br)cn12. The van der Waals surface area contributed by atoms with Gasteiger partial charge in [-0.3, -0.25) is 9.41 Å². The highest BCUT2D eigenvalue weighted by atomic mass is 79.9. The van der Waals surface area contributed by atoms with Crippen LogP contribution in [0.1, 0.15) is 5.69 Å². The van der Waals surface area contributed by atoms with Gasteiger partial charge < -0.3 is 0 Å². The van der Waals surface area contributed by atoms with Gasteiger partial charge in [-0.2, -0.15) is 0 Å². The van der Waals surface area contributed by atoms with Crippen molar-refractivity contribution in [3.63, 3.8) is 0 Å². The van der Waals surface area contributed by atoms with Gasteiger partial charge in [0.05, 0.1) is 24.6 Å². The highest BCUT2D eigenvalue weighted by Gasteiger charge is 2.03. The molecule has 0 aliphatic heterocycles. The van der Waals surface area contributed by atoms with Gasteiger partial charge in [0, 0.05) is 20.3 Å². The zero-order valence-electron chi connectivity index (χ0n) is 8.61. The molecule has 0 radical (unpaired) electrons.